The number of imidazole rings is 1. The number of hydrogen-bond donors (Lipinski definition) is 2. The normalized spacial score (nSPS) is 11.0. The van der Waals surface area contributed by atoms with Gasteiger partial charge in [0.25, 0.3) is 0 Å². The molecule has 0 bridgehead atoms. The highest BCUT2D eigenvalue weighted by atomic mass is 79.9. The fourth-order valence-electron chi connectivity index (χ4n) is 2.12. The number of aromatic nitrogens is 2. The number of H-pyrrole nitrogens is 2. The fraction of sp³-hybridized carbons (Fsp3) is 0.0667. The number of halogens is 2. The van der Waals surface area contributed by atoms with Gasteiger partial charge in [-0.15, -0.1) is 0 Å². The molecule has 0 unspecified atom stereocenters. The van der Waals surface area contributed by atoms with Crippen LogP contribution in [0.2, 0.25) is 0 Å². The molecule has 0 atom stereocenters. The van der Waals surface area contributed by atoms with E-state index in [1.165, 1.54) is 0 Å². The quantitative estimate of drug-likeness (QED) is 0.630. The van der Waals surface area contributed by atoms with Gasteiger partial charge in [0.1, 0.15) is 0 Å². The highest BCUT2D eigenvalue weighted by Crippen LogP contribution is 2.26. The predicted molar refractivity (Wildman–Crippen MR) is 88.9 cm³/mol. The van der Waals surface area contributed by atoms with Crippen molar-refractivity contribution >= 4 is 48.7 Å². The van der Waals surface area contributed by atoms with Crippen LogP contribution >= 0.6 is 31.9 Å². The van der Waals surface area contributed by atoms with Gasteiger partial charge >= 0.3 is 5.69 Å². The Labute approximate surface area is 136 Å². The second kappa shape index (κ2) is 5.27. The van der Waals surface area contributed by atoms with E-state index >= 15 is 0 Å². The molecule has 3 rings (SSSR count). The smallest absolute Gasteiger partial charge is 0.306 e. The van der Waals surface area contributed by atoms with Crippen molar-refractivity contribution in [3.63, 3.8) is 0 Å². The number of carbonyl (C=O) groups is 1. The average molecular weight is 410 g/mol. The van der Waals surface area contributed by atoms with E-state index in [9.17, 15) is 9.59 Å². The summed E-state index contributed by atoms with van der Waals surface area (Å²) < 4.78 is 1.53. The summed E-state index contributed by atoms with van der Waals surface area (Å²) in [5.74, 6) is -0.105. The summed E-state index contributed by atoms with van der Waals surface area (Å²) >= 11 is 6.82. The standard InChI is InChI=1S/C15H10Br2N2O2/c1-7-2-3-8(4-10(7)16)14(20)9-5-12-13(6-11(9)17)19-15(21)18-12/h2-6H,1H3,(H2,18,19,21). The summed E-state index contributed by atoms with van der Waals surface area (Å²) in [6.45, 7) is 1.96. The van der Waals surface area contributed by atoms with Crippen LogP contribution in [0.5, 0.6) is 0 Å². The summed E-state index contributed by atoms with van der Waals surface area (Å²) in [4.78, 5) is 29.3. The van der Waals surface area contributed by atoms with Crippen LogP contribution in [0.15, 0.2) is 44.1 Å². The van der Waals surface area contributed by atoms with Crippen LogP contribution in [-0.2, 0) is 0 Å². The number of aryl methyl sites for hydroxylation is 1. The van der Waals surface area contributed by atoms with Crippen molar-refractivity contribution in [3.8, 4) is 0 Å². The maximum atomic E-state index is 12.6. The number of nitrogens with one attached hydrogen (secondary N) is 2. The Hall–Kier alpha value is -1.66. The first-order valence-corrected chi connectivity index (χ1v) is 7.76. The molecular weight excluding hydrogens is 400 g/mol. The van der Waals surface area contributed by atoms with Crippen molar-refractivity contribution in [3.05, 3.63) is 66.5 Å². The number of fused-ring (bicyclic) bond motifs is 1. The minimum Gasteiger partial charge on any atom is -0.306 e. The second-order valence-corrected chi connectivity index (χ2v) is 6.46. The van der Waals surface area contributed by atoms with E-state index in [1.807, 2.05) is 13.0 Å². The Morgan fingerprint density at radius 2 is 1.67 bits per heavy atom. The Bertz CT molecular complexity index is 925. The Morgan fingerprint density at radius 1 is 1.00 bits per heavy atom. The van der Waals surface area contributed by atoms with Gasteiger partial charge in [-0.1, -0.05) is 28.1 Å². The summed E-state index contributed by atoms with van der Waals surface area (Å²) in [6.07, 6.45) is 0. The van der Waals surface area contributed by atoms with Crippen molar-refractivity contribution < 1.29 is 4.79 Å². The van der Waals surface area contributed by atoms with Crippen LogP contribution in [0, 0.1) is 6.92 Å². The fourth-order valence-corrected chi connectivity index (χ4v) is 3.02. The first-order chi connectivity index (χ1) is 9.95. The SMILES string of the molecule is Cc1ccc(C(=O)c2cc3[nH]c(=O)[nH]c3cc2Br)cc1Br. The van der Waals surface area contributed by atoms with Crippen LogP contribution < -0.4 is 5.69 Å². The van der Waals surface area contributed by atoms with Gasteiger partial charge in [-0.3, -0.25) is 4.79 Å². The molecule has 3 aromatic rings. The molecule has 1 aromatic heterocycles. The highest BCUT2D eigenvalue weighted by Gasteiger charge is 2.15. The number of rotatable bonds is 2. The molecule has 0 radical (unpaired) electrons. The minimum atomic E-state index is -0.292. The molecule has 2 aromatic carbocycles. The van der Waals surface area contributed by atoms with E-state index in [2.05, 4.69) is 41.8 Å². The van der Waals surface area contributed by atoms with Crippen molar-refractivity contribution in [1.82, 2.24) is 9.97 Å². The molecular formula is C15H10Br2N2O2. The molecule has 0 amide bonds. The number of hydrogen-bond acceptors (Lipinski definition) is 2. The monoisotopic (exact) mass is 408 g/mol. The zero-order chi connectivity index (χ0) is 15.1. The molecule has 0 aliphatic carbocycles. The molecule has 0 saturated heterocycles. The molecule has 6 heteroatoms. The summed E-state index contributed by atoms with van der Waals surface area (Å²) in [5.41, 5.74) is 3.14. The Morgan fingerprint density at radius 3 is 2.33 bits per heavy atom. The van der Waals surface area contributed by atoms with Crippen molar-refractivity contribution in [2.24, 2.45) is 0 Å². The van der Waals surface area contributed by atoms with Crippen LogP contribution in [0.1, 0.15) is 21.5 Å². The lowest BCUT2D eigenvalue weighted by Gasteiger charge is -2.06. The molecule has 1 heterocycles. The van der Waals surface area contributed by atoms with Crippen LogP contribution in [0.25, 0.3) is 11.0 Å². The van der Waals surface area contributed by atoms with E-state index in [1.54, 1.807) is 24.3 Å². The van der Waals surface area contributed by atoms with Gasteiger partial charge in [0.15, 0.2) is 5.78 Å². The van der Waals surface area contributed by atoms with Crippen LogP contribution in [-0.4, -0.2) is 15.8 Å². The summed E-state index contributed by atoms with van der Waals surface area (Å²) in [7, 11) is 0. The van der Waals surface area contributed by atoms with E-state index in [0.29, 0.717) is 26.6 Å². The third-order valence-corrected chi connectivity index (χ3v) is 4.79. The van der Waals surface area contributed by atoms with Crippen LogP contribution in [0.3, 0.4) is 0 Å². The third kappa shape index (κ3) is 2.61. The second-order valence-electron chi connectivity index (χ2n) is 4.75. The van der Waals surface area contributed by atoms with Gasteiger partial charge in [-0.2, -0.15) is 0 Å². The molecule has 0 aliphatic rings. The van der Waals surface area contributed by atoms with E-state index in [4.69, 9.17) is 0 Å². The van der Waals surface area contributed by atoms with Gasteiger partial charge < -0.3 is 9.97 Å². The number of benzene rings is 2. The first kappa shape index (κ1) is 14.3. The average Bonchev–Trinajstić information content (AvgIpc) is 2.79. The maximum Gasteiger partial charge on any atom is 0.323 e. The number of aromatic amines is 2. The zero-order valence-corrected chi connectivity index (χ0v) is 14.1. The lowest BCUT2D eigenvalue weighted by atomic mass is 10.0. The van der Waals surface area contributed by atoms with Gasteiger partial charge in [0.05, 0.1) is 11.0 Å². The topological polar surface area (TPSA) is 65.7 Å². The lowest BCUT2D eigenvalue weighted by Crippen LogP contribution is -2.03. The van der Waals surface area contributed by atoms with E-state index in [-0.39, 0.29) is 11.5 Å². The number of ketones is 1. The number of carbonyl (C=O) groups excluding carboxylic acids is 1. The van der Waals surface area contributed by atoms with Crippen molar-refractivity contribution in [1.29, 1.82) is 0 Å². The summed E-state index contributed by atoms with van der Waals surface area (Å²) in [5, 5.41) is 0. The highest BCUT2D eigenvalue weighted by molar-refractivity contribution is 9.10. The van der Waals surface area contributed by atoms with Gasteiger partial charge in [-0.05, 0) is 46.6 Å². The zero-order valence-electron chi connectivity index (χ0n) is 11.0. The maximum absolute atomic E-state index is 12.6. The minimum absolute atomic E-state index is 0.105. The Kier molecular flexibility index (Phi) is 3.59. The van der Waals surface area contributed by atoms with Gasteiger partial charge in [0.2, 0.25) is 0 Å². The van der Waals surface area contributed by atoms with E-state index < -0.39 is 0 Å². The molecule has 21 heavy (non-hydrogen) atoms. The predicted octanol–water partition coefficient (Wildman–Crippen LogP) is 3.92. The molecule has 0 aliphatic heterocycles. The van der Waals surface area contributed by atoms with Gasteiger partial charge in [0, 0.05) is 20.1 Å². The van der Waals surface area contributed by atoms with Crippen LogP contribution in [0.4, 0.5) is 0 Å². The molecule has 4 nitrogen and oxygen atoms in total. The molecule has 2 N–H and O–H groups in total. The molecule has 0 spiro atoms. The third-order valence-electron chi connectivity index (χ3n) is 3.28. The lowest BCUT2D eigenvalue weighted by molar-refractivity contribution is 0.103. The van der Waals surface area contributed by atoms with E-state index in [0.717, 1.165) is 10.0 Å². The molecule has 0 saturated carbocycles. The van der Waals surface area contributed by atoms with Gasteiger partial charge in [-0.25, -0.2) is 4.79 Å². The Balaban J connectivity index is 2.14. The summed E-state index contributed by atoms with van der Waals surface area (Å²) in [6, 6.07) is 8.88. The first-order valence-electron chi connectivity index (χ1n) is 6.18. The molecule has 0 fully saturated rings. The largest absolute Gasteiger partial charge is 0.323 e. The van der Waals surface area contributed by atoms with Crippen molar-refractivity contribution in [2.75, 3.05) is 0 Å². The van der Waals surface area contributed by atoms with Crippen molar-refractivity contribution in [2.45, 2.75) is 6.92 Å². The molecule has 106 valence electrons.